The van der Waals surface area contributed by atoms with Crippen LogP contribution in [0.15, 0.2) is 67.0 Å². The van der Waals surface area contributed by atoms with Crippen LogP contribution in [0.25, 0.3) is 22.3 Å². The Hall–Kier alpha value is -3.34. The van der Waals surface area contributed by atoms with Gasteiger partial charge in [0.2, 0.25) is 0 Å². The summed E-state index contributed by atoms with van der Waals surface area (Å²) in [6.45, 7) is 2.03. The number of H-pyrrole nitrogens is 2. The number of hydrogen-bond acceptors (Lipinski definition) is 2. The molecule has 5 nitrogen and oxygen atoms in total. The first-order chi connectivity index (χ1) is 12.6. The summed E-state index contributed by atoms with van der Waals surface area (Å²) in [4.78, 5) is 25.7. The molecule has 4 rings (SSSR count). The van der Waals surface area contributed by atoms with Gasteiger partial charge in [0.15, 0.2) is 0 Å². The molecule has 4 aromatic rings. The normalized spacial score (nSPS) is 12.2. The van der Waals surface area contributed by atoms with Crippen LogP contribution in [0.5, 0.6) is 0 Å². The smallest absolute Gasteiger partial charge is 0.254 e. The first-order valence-electron chi connectivity index (χ1n) is 8.59. The molecule has 0 fully saturated rings. The Kier molecular flexibility index (Phi) is 4.05. The monoisotopic (exact) mass is 344 g/mol. The van der Waals surface area contributed by atoms with Crippen LogP contribution in [0.2, 0.25) is 0 Å². The number of rotatable bonds is 4. The van der Waals surface area contributed by atoms with Crippen molar-refractivity contribution in [3.63, 3.8) is 0 Å². The molecule has 130 valence electrons. The van der Waals surface area contributed by atoms with Gasteiger partial charge in [-0.1, -0.05) is 36.4 Å². The first-order valence-corrected chi connectivity index (χ1v) is 8.59. The lowest BCUT2D eigenvalue weighted by atomic mass is 10.0. The molecule has 1 amide bonds. The molecule has 0 saturated heterocycles. The molecule has 0 bridgehead atoms. The highest BCUT2D eigenvalue weighted by Gasteiger charge is 2.23. The number of hydrogen-bond donors (Lipinski definition) is 2. The average Bonchev–Trinajstić information content (AvgIpc) is 3.35. The lowest BCUT2D eigenvalue weighted by Gasteiger charge is -2.25. The van der Waals surface area contributed by atoms with E-state index in [4.69, 9.17) is 0 Å². The zero-order valence-corrected chi connectivity index (χ0v) is 14.7. The SMILES string of the molecule is C[C@@H](c1cc2ccccc2[nH]1)N(C)C(=O)c1ccccc1-c1ncc[nH]1. The third-order valence-corrected chi connectivity index (χ3v) is 4.81. The number of carbonyl (C=O) groups excluding carboxylic acids is 1. The molecule has 0 spiro atoms. The fourth-order valence-electron chi connectivity index (χ4n) is 3.18. The van der Waals surface area contributed by atoms with Crippen molar-refractivity contribution in [1.29, 1.82) is 0 Å². The molecule has 0 unspecified atom stereocenters. The minimum absolute atomic E-state index is 0.0387. The molecule has 0 aliphatic carbocycles. The molecule has 2 N–H and O–H groups in total. The molecule has 26 heavy (non-hydrogen) atoms. The minimum atomic E-state index is -0.0837. The van der Waals surface area contributed by atoms with Crippen molar-refractivity contribution in [2.24, 2.45) is 0 Å². The minimum Gasteiger partial charge on any atom is -0.357 e. The standard InChI is InChI=1S/C21H20N4O/c1-14(19-13-15-7-3-6-10-18(15)24-19)25(2)21(26)17-9-5-4-8-16(17)20-22-11-12-23-20/h3-14,24H,1-2H3,(H,22,23)/t14-/m0/s1. The van der Waals surface area contributed by atoms with Gasteiger partial charge in [0.25, 0.3) is 5.91 Å². The first kappa shape index (κ1) is 16.1. The summed E-state index contributed by atoms with van der Waals surface area (Å²) in [7, 11) is 1.83. The maximum absolute atomic E-state index is 13.2. The summed E-state index contributed by atoms with van der Waals surface area (Å²) in [5.74, 6) is 0.656. The van der Waals surface area contributed by atoms with E-state index in [2.05, 4.69) is 27.1 Å². The van der Waals surface area contributed by atoms with Crippen LogP contribution < -0.4 is 0 Å². The van der Waals surface area contributed by atoms with E-state index in [9.17, 15) is 4.79 Å². The predicted octanol–water partition coefficient (Wildman–Crippen LogP) is 4.39. The van der Waals surface area contributed by atoms with Gasteiger partial charge in [-0.2, -0.15) is 0 Å². The lowest BCUT2D eigenvalue weighted by molar-refractivity contribution is 0.0741. The number of fused-ring (bicyclic) bond motifs is 1. The third-order valence-electron chi connectivity index (χ3n) is 4.81. The number of imidazole rings is 1. The Morgan fingerprint density at radius 3 is 2.65 bits per heavy atom. The summed E-state index contributed by atoms with van der Waals surface area (Å²) >= 11 is 0. The number of aromatic amines is 2. The molecule has 0 radical (unpaired) electrons. The van der Waals surface area contributed by atoms with Gasteiger partial charge in [0.05, 0.1) is 11.6 Å². The van der Waals surface area contributed by atoms with Crippen molar-refractivity contribution in [2.45, 2.75) is 13.0 Å². The molecule has 2 aromatic heterocycles. The fraction of sp³-hybridized carbons (Fsp3) is 0.143. The number of nitrogens with one attached hydrogen (secondary N) is 2. The zero-order valence-electron chi connectivity index (χ0n) is 14.7. The van der Waals surface area contributed by atoms with Crippen molar-refractivity contribution < 1.29 is 4.79 Å². The van der Waals surface area contributed by atoms with Crippen LogP contribution >= 0.6 is 0 Å². The Balaban J connectivity index is 1.66. The Labute approximate surface area is 151 Å². The van der Waals surface area contributed by atoms with Gasteiger partial charge in [-0.3, -0.25) is 4.79 Å². The topological polar surface area (TPSA) is 64.8 Å². The van der Waals surface area contributed by atoms with Crippen LogP contribution in [0.4, 0.5) is 0 Å². The van der Waals surface area contributed by atoms with Gasteiger partial charge in [0, 0.05) is 36.2 Å². The largest absolute Gasteiger partial charge is 0.357 e. The summed E-state index contributed by atoms with van der Waals surface area (Å²) in [5, 5.41) is 1.14. The van der Waals surface area contributed by atoms with Gasteiger partial charge in [0.1, 0.15) is 5.82 Å². The van der Waals surface area contributed by atoms with Gasteiger partial charge in [-0.05, 0) is 30.5 Å². The number of para-hydroxylation sites is 1. The second kappa shape index (κ2) is 6.52. The quantitative estimate of drug-likeness (QED) is 0.576. The maximum atomic E-state index is 13.2. The van der Waals surface area contributed by atoms with E-state index in [0.29, 0.717) is 11.4 Å². The van der Waals surface area contributed by atoms with Crippen molar-refractivity contribution >= 4 is 16.8 Å². The fourth-order valence-corrected chi connectivity index (χ4v) is 3.18. The highest BCUT2D eigenvalue weighted by Crippen LogP contribution is 2.27. The van der Waals surface area contributed by atoms with Crippen molar-refractivity contribution in [3.05, 3.63) is 78.2 Å². The van der Waals surface area contributed by atoms with Crippen molar-refractivity contribution in [3.8, 4) is 11.4 Å². The summed E-state index contributed by atoms with van der Waals surface area (Å²) < 4.78 is 0. The van der Waals surface area contributed by atoms with E-state index in [0.717, 1.165) is 22.2 Å². The number of nitrogens with zero attached hydrogens (tertiary/aromatic N) is 2. The highest BCUT2D eigenvalue weighted by atomic mass is 16.2. The number of amides is 1. The molecule has 0 saturated carbocycles. The molecule has 2 aromatic carbocycles. The summed E-state index contributed by atoms with van der Waals surface area (Å²) in [6.07, 6.45) is 3.45. The number of benzene rings is 2. The van der Waals surface area contributed by atoms with Gasteiger partial charge in [-0.25, -0.2) is 4.98 Å². The highest BCUT2D eigenvalue weighted by molar-refractivity contribution is 6.00. The second-order valence-corrected chi connectivity index (χ2v) is 6.39. The number of aromatic nitrogens is 3. The number of carbonyl (C=O) groups is 1. The van der Waals surface area contributed by atoms with Crippen molar-refractivity contribution in [1.82, 2.24) is 19.9 Å². The van der Waals surface area contributed by atoms with Crippen LogP contribution in [-0.4, -0.2) is 32.8 Å². The molecule has 0 aliphatic rings. The lowest BCUT2D eigenvalue weighted by Crippen LogP contribution is -2.30. The van der Waals surface area contributed by atoms with Crippen LogP contribution in [-0.2, 0) is 0 Å². The van der Waals surface area contributed by atoms with E-state index < -0.39 is 0 Å². The molecular weight excluding hydrogens is 324 g/mol. The van der Waals surface area contributed by atoms with Crippen LogP contribution in [0.3, 0.4) is 0 Å². The van der Waals surface area contributed by atoms with E-state index >= 15 is 0 Å². The van der Waals surface area contributed by atoms with E-state index in [1.165, 1.54) is 0 Å². The summed E-state index contributed by atoms with van der Waals surface area (Å²) in [6, 6.07) is 17.7. The Morgan fingerprint density at radius 1 is 1.12 bits per heavy atom. The molecule has 1 atom stereocenters. The van der Waals surface area contributed by atoms with E-state index in [-0.39, 0.29) is 11.9 Å². The van der Waals surface area contributed by atoms with Crippen LogP contribution in [0, 0.1) is 0 Å². The van der Waals surface area contributed by atoms with E-state index in [1.54, 1.807) is 17.3 Å². The van der Waals surface area contributed by atoms with Gasteiger partial charge >= 0.3 is 0 Å². The van der Waals surface area contributed by atoms with Crippen molar-refractivity contribution in [2.75, 3.05) is 7.05 Å². The molecular formula is C21H20N4O. The predicted molar refractivity (Wildman–Crippen MR) is 103 cm³/mol. The summed E-state index contributed by atoms with van der Waals surface area (Å²) in [5.41, 5.74) is 3.52. The van der Waals surface area contributed by atoms with Crippen LogP contribution in [0.1, 0.15) is 29.0 Å². The third kappa shape index (κ3) is 2.77. The van der Waals surface area contributed by atoms with Gasteiger partial charge in [-0.15, -0.1) is 0 Å². The van der Waals surface area contributed by atoms with Gasteiger partial charge < -0.3 is 14.9 Å². The Bertz CT molecular complexity index is 1020. The molecule has 5 heteroatoms. The second-order valence-electron chi connectivity index (χ2n) is 6.39. The maximum Gasteiger partial charge on any atom is 0.254 e. The molecule has 2 heterocycles. The zero-order chi connectivity index (χ0) is 18.1. The Morgan fingerprint density at radius 2 is 1.88 bits per heavy atom. The van der Waals surface area contributed by atoms with E-state index in [1.807, 2.05) is 56.4 Å². The average molecular weight is 344 g/mol. The molecule has 0 aliphatic heterocycles.